The molecule has 0 saturated carbocycles. The number of likely N-dealkylation sites (tertiary alicyclic amines) is 1. The molecule has 0 unspecified atom stereocenters. The maximum atomic E-state index is 13.0. The molecule has 0 aromatic heterocycles. The molecule has 4 rings (SSSR count). The number of methoxy groups -OCH3 is 1. The van der Waals surface area contributed by atoms with E-state index in [1.165, 1.54) is 24.4 Å². The summed E-state index contributed by atoms with van der Waals surface area (Å²) >= 11 is 1.50. The molecular formula is C26H34N4O3S. The van der Waals surface area contributed by atoms with Gasteiger partial charge >= 0.3 is 5.97 Å². The topological polar surface area (TPSA) is 74.2 Å². The summed E-state index contributed by atoms with van der Waals surface area (Å²) < 4.78 is 5.15. The fourth-order valence-corrected chi connectivity index (χ4v) is 5.68. The van der Waals surface area contributed by atoms with Crippen LogP contribution in [0.2, 0.25) is 0 Å². The minimum atomic E-state index is -0.398. The number of carbonyl (C=O) groups excluding carboxylic acids is 2. The first-order chi connectivity index (χ1) is 16.3. The van der Waals surface area contributed by atoms with Crippen LogP contribution in [0.15, 0.2) is 51.6 Å². The van der Waals surface area contributed by atoms with E-state index in [9.17, 15) is 9.59 Å². The smallest absolute Gasteiger partial charge is 0.338 e. The van der Waals surface area contributed by atoms with Gasteiger partial charge in [-0.15, -0.1) is 0 Å². The highest BCUT2D eigenvalue weighted by molar-refractivity contribution is 8.16. The van der Waals surface area contributed by atoms with Crippen LogP contribution in [-0.4, -0.2) is 60.1 Å². The number of hydrogen-bond acceptors (Lipinski definition) is 7. The number of thioether (sulfide) groups is 1. The summed E-state index contributed by atoms with van der Waals surface area (Å²) in [5.74, 6) is 0.0173. The number of piperidine rings is 1. The van der Waals surface area contributed by atoms with E-state index in [4.69, 9.17) is 9.73 Å². The van der Waals surface area contributed by atoms with Gasteiger partial charge in [0.25, 0.3) is 0 Å². The lowest BCUT2D eigenvalue weighted by Crippen LogP contribution is -2.44. The number of ether oxygens (including phenoxy) is 1. The third kappa shape index (κ3) is 5.08. The van der Waals surface area contributed by atoms with Crippen molar-refractivity contribution in [3.05, 3.63) is 57.8 Å². The minimum absolute atomic E-state index is 0.00227. The quantitative estimate of drug-likeness (QED) is 0.614. The number of carbonyl (C=O) groups is 2. The van der Waals surface area contributed by atoms with Crippen molar-refractivity contribution >= 4 is 28.8 Å². The first kappa shape index (κ1) is 24.5. The lowest BCUT2D eigenvalue weighted by Gasteiger charge is -2.36. The second kappa shape index (κ2) is 10.4. The summed E-state index contributed by atoms with van der Waals surface area (Å²) in [6.07, 6.45) is 2.17. The first-order valence-corrected chi connectivity index (χ1v) is 12.8. The molecule has 1 aromatic rings. The highest BCUT2D eigenvalue weighted by Crippen LogP contribution is 2.45. The second-order valence-electron chi connectivity index (χ2n) is 9.53. The number of hydrogen-bond donors (Lipinski definition) is 1. The molecule has 0 aliphatic carbocycles. The van der Waals surface area contributed by atoms with Crippen LogP contribution in [0.4, 0.5) is 0 Å². The largest absolute Gasteiger partial charge is 0.466 e. The number of amidine groups is 1. The van der Waals surface area contributed by atoms with Crippen LogP contribution in [0.25, 0.3) is 0 Å². The summed E-state index contributed by atoms with van der Waals surface area (Å²) in [5, 5.41) is 5.97. The number of benzene rings is 1. The highest BCUT2D eigenvalue weighted by atomic mass is 32.2. The molecule has 8 heteroatoms. The summed E-state index contributed by atoms with van der Waals surface area (Å²) in [7, 11) is 3.50. The number of amides is 1. The van der Waals surface area contributed by atoms with Crippen molar-refractivity contribution in [1.29, 1.82) is 0 Å². The molecule has 1 fully saturated rings. The van der Waals surface area contributed by atoms with Crippen LogP contribution in [0.1, 0.15) is 63.1 Å². The summed E-state index contributed by atoms with van der Waals surface area (Å²) in [6.45, 7) is 8.15. The summed E-state index contributed by atoms with van der Waals surface area (Å²) in [6, 6.07) is 8.17. The Morgan fingerprint density at radius 3 is 2.50 bits per heavy atom. The van der Waals surface area contributed by atoms with Crippen LogP contribution in [-0.2, 0) is 14.3 Å². The van der Waals surface area contributed by atoms with Gasteiger partial charge in [-0.05, 0) is 62.4 Å². The van der Waals surface area contributed by atoms with Gasteiger partial charge < -0.3 is 19.9 Å². The molecule has 34 heavy (non-hydrogen) atoms. The van der Waals surface area contributed by atoms with Gasteiger partial charge in [-0.2, -0.15) is 0 Å². The molecule has 1 atom stereocenters. The van der Waals surface area contributed by atoms with E-state index in [2.05, 4.69) is 55.4 Å². The van der Waals surface area contributed by atoms with Crippen LogP contribution in [0, 0.1) is 0 Å². The van der Waals surface area contributed by atoms with Crippen molar-refractivity contribution < 1.29 is 14.3 Å². The number of rotatable bonds is 6. The van der Waals surface area contributed by atoms with Gasteiger partial charge in [0.15, 0.2) is 5.17 Å². The zero-order valence-corrected chi connectivity index (χ0v) is 21.4. The molecule has 1 saturated heterocycles. The van der Waals surface area contributed by atoms with Crippen molar-refractivity contribution in [3.8, 4) is 0 Å². The molecule has 1 aromatic carbocycles. The number of aliphatic imine (C=N–C) groups is 1. The van der Waals surface area contributed by atoms with Gasteiger partial charge in [-0.1, -0.05) is 49.9 Å². The Balaban J connectivity index is 1.60. The zero-order valence-electron chi connectivity index (χ0n) is 20.6. The molecular weight excluding hydrogens is 448 g/mol. The molecule has 0 spiro atoms. The molecule has 7 nitrogen and oxygen atoms in total. The zero-order chi connectivity index (χ0) is 24.4. The average molecular weight is 483 g/mol. The van der Waals surface area contributed by atoms with E-state index in [0.717, 1.165) is 42.4 Å². The molecule has 3 aliphatic heterocycles. The Morgan fingerprint density at radius 1 is 1.21 bits per heavy atom. The average Bonchev–Trinajstić information content (AvgIpc) is 3.20. The minimum Gasteiger partial charge on any atom is -0.466 e. The van der Waals surface area contributed by atoms with Crippen LogP contribution in [0.5, 0.6) is 0 Å². The number of nitrogens with one attached hydrogen (secondary N) is 1. The Morgan fingerprint density at radius 2 is 1.88 bits per heavy atom. The normalized spacial score (nSPS) is 21.4. The van der Waals surface area contributed by atoms with Gasteiger partial charge in [-0.25, -0.2) is 9.79 Å². The lowest BCUT2D eigenvalue weighted by atomic mass is 9.92. The van der Waals surface area contributed by atoms with Gasteiger partial charge in [0.1, 0.15) is 0 Å². The SMILES string of the molecule is COC(=O)C1=C(C)N=C2SC=C(CC(=O)NC3CCN(C)CC3)N2[C@@H]1c1ccc(C(C)C)cc1. The van der Waals surface area contributed by atoms with Crippen LogP contribution >= 0.6 is 11.8 Å². The van der Waals surface area contributed by atoms with Gasteiger partial charge in [0, 0.05) is 11.7 Å². The number of fused-ring (bicyclic) bond motifs is 1. The van der Waals surface area contributed by atoms with Crippen molar-refractivity contribution in [2.45, 2.75) is 58.0 Å². The van der Waals surface area contributed by atoms with E-state index in [0.29, 0.717) is 17.2 Å². The maximum absolute atomic E-state index is 13.0. The van der Waals surface area contributed by atoms with Crippen molar-refractivity contribution in [3.63, 3.8) is 0 Å². The van der Waals surface area contributed by atoms with E-state index in [1.54, 1.807) is 0 Å². The predicted molar refractivity (Wildman–Crippen MR) is 136 cm³/mol. The van der Waals surface area contributed by atoms with E-state index in [1.807, 2.05) is 17.2 Å². The fourth-order valence-electron chi connectivity index (χ4n) is 4.72. The van der Waals surface area contributed by atoms with E-state index >= 15 is 0 Å². The number of nitrogens with zero attached hydrogens (tertiary/aromatic N) is 3. The summed E-state index contributed by atoms with van der Waals surface area (Å²) in [4.78, 5) is 34.8. The van der Waals surface area contributed by atoms with E-state index < -0.39 is 12.0 Å². The Labute approximate surface area is 206 Å². The first-order valence-electron chi connectivity index (χ1n) is 11.9. The molecule has 3 heterocycles. The highest BCUT2D eigenvalue weighted by Gasteiger charge is 2.41. The monoisotopic (exact) mass is 482 g/mol. The Bertz CT molecular complexity index is 1040. The second-order valence-corrected chi connectivity index (χ2v) is 10.4. The number of allylic oxidation sites excluding steroid dienone is 1. The maximum Gasteiger partial charge on any atom is 0.338 e. The molecule has 182 valence electrons. The van der Waals surface area contributed by atoms with Gasteiger partial charge in [0.05, 0.1) is 30.8 Å². The number of esters is 1. The fraction of sp³-hybridized carbons (Fsp3) is 0.500. The lowest BCUT2D eigenvalue weighted by molar-refractivity contribution is -0.136. The molecule has 3 aliphatic rings. The predicted octanol–water partition coefficient (Wildman–Crippen LogP) is 4.16. The van der Waals surface area contributed by atoms with Crippen LogP contribution < -0.4 is 5.32 Å². The molecule has 0 radical (unpaired) electrons. The van der Waals surface area contributed by atoms with Gasteiger partial charge in [-0.3, -0.25) is 4.79 Å². The standard InChI is InChI=1S/C26H34N4O3S/c1-16(2)18-6-8-19(9-7-18)24-23(25(32)33-5)17(3)27-26-30(24)21(15-34-26)14-22(31)28-20-10-12-29(4)13-11-20/h6-9,15-16,20,24H,10-14H2,1-5H3,(H,28,31)/t24-/m1/s1. The molecule has 1 amide bonds. The van der Waals surface area contributed by atoms with Crippen molar-refractivity contribution in [2.24, 2.45) is 4.99 Å². The third-order valence-electron chi connectivity index (χ3n) is 6.75. The molecule has 1 N–H and O–H groups in total. The van der Waals surface area contributed by atoms with Gasteiger partial charge in [0.2, 0.25) is 5.91 Å². The van der Waals surface area contributed by atoms with Crippen molar-refractivity contribution in [1.82, 2.24) is 15.1 Å². The van der Waals surface area contributed by atoms with E-state index in [-0.39, 0.29) is 18.4 Å². The van der Waals surface area contributed by atoms with Crippen LogP contribution in [0.3, 0.4) is 0 Å². The Kier molecular flexibility index (Phi) is 7.48. The molecule has 0 bridgehead atoms. The third-order valence-corrected chi connectivity index (χ3v) is 7.64. The Hall–Kier alpha value is -2.58. The van der Waals surface area contributed by atoms with Crippen molar-refractivity contribution in [2.75, 3.05) is 27.2 Å². The summed E-state index contributed by atoms with van der Waals surface area (Å²) in [5.41, 5.74) is 4.21.